The van der Waals surface area contributed by atoms with Gasteiger partial charge in [0.15, 0.2) is 5.82 Å². The van der Waals surface area contributed by atoms with E-state index in [2.05, 4.69) is 5.32 Å². The van der Waals surface area contributed by atoms with Crippen molar-refractivity contribution in [2.75, 3.05) is 18.0 Å². The maximum absolute atomic E-state index is 13.8. The Bertz CT molecular complexity index is 506. The number of hydrogen-bond donors (Lipinski definition) is 1. The minimum atomic E-state index is -0.689. The van der Waals surface area contributed by atoms with Gasteiger partial charge >= 0.3 is 0 Å². The first kappa shape index (κ1) is 12.3. The van der Waals surface area contributed by atoms with Crippen molar-refractivity contribution in [2.24, 2.45) is 0 Å². The first-order valence-corrected chi connectivity index (χ1v) is 5.49. The van der Waals surface area contributed by atoms with Crippen LogP contribution in [0.3, 0.4) is 0 Å². The Kier molecular flexibility index (Phi) is 3.14. The SMILES string of the molecule is C[C@H]1C(=O)NCCN1c1ccc([N+](=O)[O-])cc1F. The van der Waals surface area contributed by atoms with Crippen molar-refractivity contribution < 1.29 is 14.1 Å². The molecule has 6 nitrogen and oxygen atoms in total. The molecule has 1 aliphatic heterocycles. The number of piperazine rings is 1. The second-order valence-corrected chi connectivity index (χ2v) is 4.05. The molecule has 18 heavy (non-hydrogen) atoms. The average Bonchev–Trinajstić information content (AvgIpc) is 2.33. The molecule has 2 rings (SSSR count). The van der Waals surface area contributed by atoms with Crippen LogP contribution in [0.4, 0.5) is 15.8 Å². The van der Waals surface area contributed by atoms with Gasteiger partial charge in [-0.2, -0.15) is 0 Å². The number of nitrogens with zero attached hydrogens (tertiary/aromatic N) is 2. The van der Waals surface area contributed by atoms with E-state index in [1.54, 1.807) is 11.8 Å². The first-order valence-electron chi connectivity index (χ1n) is 5.49. The fourth-order valence-electron chi connectivity index (χ4n) is 1.95. The molecule has 1 aliphatic rings. The lowest BCUT2D eigenvalue weighted by molar-refractivity contribution is -0.385. The van der Waals surface area contributed by atoms with Gasteiger partial charge in [-0.3, -0.25) is 14.9 Å². The molecular weight excluding hydrogens is 241 g/mol. The molecule has 0 aromatic heterocycles. The Balaban J connectivity index is 2.33. The van der Waals surface area contributed by atoms with E-state index in [1.807, 2.05) is 0 Å². The third-order valence-corrected chi connectivity index (χ3v) is 2.95. The molecule has 0 unspecified atom stereocenters. The van der Waals surface area contributed by atoms with Crippen LogP contribution in [-0.4, -0.2) is 30.0 Å². The van der Waals surface area contributed by atoms with E-state index >= 15 is 0 Å². The number of carbonyl (C=O) groups is 1. The summed E-state index contributed by atoms with van der Waals surface area (Å²) in [5, 5.41) is 13.2. The van der Waals surface area contributed by atoms with Crippen molar-refractivity contribution >= 4 is 17.3 Å². The molecule has 1 aromatic rings. The summed E-state index contributed by atoms with van der Waals surface area (Å²) in [6.45, 7) is 2.57. The normalized spacial score (nSPS) is 19.6. The molecule has 0 aliphatic carbocycles. The lowest BCUT2D eigenvalue weighted by Crippen LogP contribution is -2.54. The van der Waals surface area contributed by atoms with Gasteiger partial charge in [0, 0.05) is 19.2 Å². The number of nitro groups is 1. The summed E-state index contributed by atoms with van der Waals surface area (Å²) in [5.41, 5.74) is -0.0895. The summed E-state index contributed by atoms with van der Waals surface area (Å²) in [7, 11) is 0. The molecule has 1 fully saturated rings. The summed E-state index contributed by atoms with van der Waals surface area (Å²) in [6, 6.07) is 2.95. The highest BCUT2D eigenvalue weighted by molar-refractivity contribution is 5.86. The van der Waals surface area contributed by atoms with Gasteiger partial charge in [0.2, 0.25) is 5.91 Å². The van der Waals surface area contributed by atoms with Crippen LogP contribution in [0.15, 0.2) is 18.2 Å². The Morgan fingerprint density at radius 2 is 2.28 bits per heavy atom. The summed E-state index contributed by atoms with van der Waals surface area (Å²) in [5.74, 6) is -0.871. The summed E-state index contributed by atoms with van der Waals surface area (Å²) in [6.07, 6.45) is 0. The quantitative estimate of drug-likeness (QED) is 0.631. The van der Waals surface area contributed by atoms with E-state index < -0.39 is 16.8 Å². The summed E-state index contributed by atoms with van der Waals surface area (Å²) >= 11 is 0. The third-order valence-electron chi connectivity index (χ3n) is 2.95. The summed E-state index contributed by atoms with van der Waals surface area (Å²) in [4.78, 5) is 22.9. The van der Waals surface area contributed by atoms with Crippen LogP contribution >= 0.6 is 0 Å². The first-order chi connectivity index (χ1) is 8.50. The van der Waals surface area contributed by atoms with Crippen molar-refractivity contribution in [3.05, 3.63) is 34.1 Å². The third kappa shape index (κ3) is 2.11. The maximum atomic E-state index is 13.8. The van der Waals surface area contributed by atoms with Gasteiger partial charge in [0.1, 0.15) is 6.04 Å². The van der Waals surface area contributed by atoms with Crippen LogP contribution in [-0.2, 0) is 4.79 Å². The Morgan fingerprint density at radius 3 is 2.89 bits per heavy atom. The standard InChI is InChI=1S/C11H12FN3O3/c1-7-11(16)13-4-5-14(7)10-3-2-8(15(17)18)6-9(10)12/h2-3,6-7H,4-5H2,1H3,(H,13,16)/t7-/m0/s1. The zero-order valence-electron chi connectivity index (χ0n) is 9.72. The van der Waals surface area contributed by atoms with Gasteiger partial charge in [0.05, 0.1) is 16.7 Å². The number of rotatable bonds is 2. The molecule has 0 saturated carbocycles. The second kappa shape index (κ2) is 4.59. The molecule has 1 amide bonds. The lowest BCUT2D eigenvalue weighted by atomic mass is 10.1. The number of halogens is 1. The number of benzene rings is 1. The topological polar surface area (TPSA) is 75.5 Å². The molecular formula is C11H12FN3O3. The van der Waals surface area contributed by atoms with E-state index in [-0.39, 0.29) is 17.3 Å². The van der Waals surface area contributed by atoms with Crippen LogP contribution in [0.5, 0.6) is 0 Å². The monoisotopic (exact) mass is 253 g/mol. The Hall–Kier alpha value is -2.18. The van der Waals surface area contributed by atoms with Crippen molar-refractivity contribution in [3.8, 4) is 0 Å². The number of nitro benzene ring substituents is 1. The largest absolute Gasteiger partial charge is 0.356 e. The summed E-state index contributed by atoms with van der Waals surface area (Å²) < 4.78 is 13.8. The fraction of sp³-hybridized carbons (Fsp3) is 0.364. The Morgan fingerprint density at radius 1 is 1.56 bits per heavy atom. The number of carbonyl (C=O) groups excluding carboxylic acids is 1. The molecule has 1 saturated heterocycles. The van der Waals surface area contributed by atoms with Gasteiger partial charge in [-0.1, -0.05) is 0 Å². The van der Waals surface area contributed by atoms with Gasteiger partial charge < -0.3 is 10.2 Å². The highest BCUT2D eigenvalue weighted by atomic mass is 19.1. The molecule has 0 radical (unpaired) electrons. The molecule has 1 aromatic carbocycles. The van der Waals surface area contributed by atoms with E-state index in [1.165, 1.54) is 12.1 Å². The molecule has 0 spiro atoms. The van der Waals surface area contributed by atoms with E-state index in [9.17, 15) is 19.3 Å². The molecule has 7 heteroatoms. The van der Waals surface area contributed by atoms with Crippen molar-refractivity contribution in [1.82, 2.24) is 5.32 Å². The number of non-ortho nitro benzene ring substituents is 1. The zero-order chi connectivity index (χ0) is 13.3. The lowest BCUT2D eigenvalue weighted by Gasteiger charge is -2.34. The van der Waals surface area contributed by atoms with Gasteiger partial charge in [0.25, 0.3) is 5.69 Å². The highest BCUT2D eigenvalue weighted by Gasteiger charge is 2.27. The van der Waals surface area contributed by atoms with Crippen molar-refractivity contribution in [3.63, 3.8) is 0 Å². The number of anilines is 1. The fourth-order valence-corrected chi connectivity index (χ4v) is 1.95. The minimum Gasteiger partial charge on any atom is -0.356 e. The zero-order valence-corrected chi connectivity index (χ0v) is 9.72. The Labute approximate surface area is 103 Å². The molecule has 0 bridgehead atoms. The van der Waals surface area contributed by atoms with Crippen LogP contribution in [0.25, 0.3) is 0 Å². The average molecular weight is 253 g/mol. The minimum absolute atomic E-state index is 0.181. The predicted octanol–water partition coefficient (Wildman–Crippen LogP) is 1.06. The maximum Gasteiger partial charge on any atom is 0.272 e. The number of amides is 1. The van der Waals surface area contributed by atoms with Crippen LogP contribution < -0.4 is 10.2 Å². The predicted molar refractivity (Wildman–Crippen MR) is 62.9 cm³/mol. The van der Waals surface area contributed by atoms with Crippen LogP contribution in [0, 0.1) is 15.9 Å². The molecule has 1 heterocycles. The van der Waals surface area contributed by atoms with Crippen LogP contribution in [0.2, 0.25) is 0 Å². The van der Waals surface area contributed by atoms with E-state index in [0.29, 0.717) is 13.1 Å². The van der Waals surface area contributed by atoms with Crippen molar-refractivity contribution in [2.45, 2.75) is 13.0 Å². The number of nitrogens with one attached hydrogen (secondary N) is 1. The molecule has 1 atom stereocenters. The highest BCUT2D eigenvalue weighted by Crippen LogP contribution is 2.26. The van der Waals surface area contributed by atoms with Crippen molar-refractivity contribution in [1.29, 1.82) is 0 Å². The smallest absolute Gasteiger partial charge is 0.272 e. The van der Waals surface area contributed by atoms with Gasteiger partial charge in [-0.15, -0.1) is 0 Å². The van der Waals surface area contributed by atoms with E-state index in [0.717, 1.165) is 6.07 Å². The van der Waals surface area contributed by atoms with Gasteiger partial charge in [-0.05, 0) is 13.0 Å². The van der Waals surface area contributed by atoms with Gasteiger partial charge in [-0.25, -0.2) is 4.39 Å². The van der Waals surface area contributed by atoms with E-state index in [4.69, 9.17) is 0 Å². The van der Waals surface area contributed by atoms with Crippen LogP contribution in [0.1, 0.15) is 6.92 Å². The second-order valence-electron chi connectivity index (χ2n) is 4.05. The molecule has 1 N–H and O–H groups in total. The number of hydrogen-bond acceptors (Lipinski definition) is 4. The molecule has 96 valence electrons.